The van der Waals surface area contributed by atoms with Crippen molar-refractivity contribution in [1.82, 2.24) is 30.7 Å². The number of nitrogens with zero attached hydrogens (tertiary/aromatic N) is 3. The standard InChI is InChI=1S/C33H56N6O10S12/c1-43-20-33(21-44-14-17-47-24(40)2-8-37(30(56)57)11-5-34-27(50)51,22-45-15-18-48-25(41)3-9-38(31(58)59)12-6-35-28(52)53)23-46-16-19-49-26(42)4-10-39(32(60)61)13-7-36-29(54)55/h2-23H2,1H3,(H,56,57)(H,58,59)(H,60,61)(H2,34,50,51)(H2,35,52,53)(H2,36,54,55). The quantitative estimate of drug-likeness (QED) is 0.0150. The number of carbonyl (C=O) groups excluding carboxylic acids is 3. The highest BCUT2D eigenvalue weighted by atomic mass is 32.2. The highest BCUT2D eigenvalue weighted by molar-refractivity contribution is 8.12. The number of nitrogens with one attached hydrogen (secondary N) is 3. The summed E-state index contributed by atoms with van der Waals surface area (Å²) in [6.45, 7) is 4.32. The minimum absolute atomic E-state index is 0.0146. The van der Waals surface area contributed by atoms with E-state index in [1.54, 1.807) is 14.7 Å². The molecule has 350 valence electrons. The number of thiocarbonyl (C=S) groups is 6. The number of thiol groups is 6. The van der Waals surface area contributed by atoms with Crippen LogP contribution in [0.2, 0.25) is 0 Å². The Hall–Kier alpha value is -0.310. The summed E-state index contributed by atoms with van der Waals surface area (Å²) in [5.74, 6) is -1.33. The van der Waals surface area contributed by atoms with Gasteiger partial charge in [-0.05, 0) is 0 Å². The predicted molar refractivity (Wildman–Crippen MR) is 282 cm³/mol. The molecule has 0 aromatic carbocycles. The lowest BCUT2D eigenvalue weighted by atomic mass is 9.92. The molecule has 16 nitrogen and oxygen atoms in total. The monoisotopic (exact) mass is 1080 g/mol. The molecular formula is C33H56N6O10S12. The van der Waals surface area contributed by atoms with E-state index in [0.717, 1.165) is 0 Å². The summed E-state index contributed by atoms with van der Waals surface area (Å²) in [5, 5.41) is 8.72. The van der Waals surface area contributed by atoms with Crippen LogP contribution in [0.3, 0.4) is 0 Å². The average Bonchev–Trinajstić information content (AvgIpc) is 3.17. The molecule has 0 aromatic heterocycles. The van der Waals surface area contributed by atoms with Crippen molar-refractivity contribution >= 4 is 193 Å². The van der Waals surface area contributed by atoms with Crippen molar-refractivity contribution in [3.05, 3.63) is 0 Å². The van der Waals surface area contributed by atoms with E-state index in [9.17, 15) is 14.4 Å². The molecule has 0 aliphatic carbocycles. The van der Waals surface area contributed by atoms with Gasteiger partial charge in [-0.3, -0.25) is 14.4 Å². The van der Waals surface area contributed by atoms with Gasteiger partial charge in [0.25, 0.3) is 0 Å². The van der Waals surface area contributed by atoms with Crippen LogP contribution < -0.4 is 16.0 Å². The van der Waals surface area contributed by atoms with Crippen LogP contribution >= 0.6 is 149 Å². The number of esters is 3. The van der Waals surface area contributed by atoms with E-state index in [4.69, 9.17) is 106 Å². The minimum atomic E-state index is -0.850. The first kappa shape index (κ1) is 60.7. The Morgan fingerprint density at radius 3 is 0.967 bits per heavy atom. The lowest BCUT2D eigenvalue weighted by molar-refractivity contribution is -0.149. The third-order valence-corrected chi connectivity index (χ3v) is 10.2. The molecule has 0 unspecified atom stereocenters. The maximum absolute atomic E-state index is 12.5. The zero-order chi connectivity index (χ0) is 46.1. The number of ether oxygens (including phenoxy) is 7. The van der Waals surface area contributed by atoms with Crippen LogP contribution in [0.1, 0.15) is 19.3 Å². The molecular weight excluding hydrogens is 1030 g/mol. The third-order valence-electron chi connectivity index (χ3n) is 7.69. The van der Waals surface area contributed by atoms with Crippen LogP contribution in [0, 0.1) is 5.41 Å². The largest absolute Gasteiger partial charge is 0.463 e. The Balaban J connectivity index is 5.20. The van der Waals surface area contributed by atoms with Crippen LogP contribution in [0.25, 0.3) is 0 Å². The first-order chi connectivity index (χ1) is 28.9. The zero-order valence-electron chi connectivity index (χ0n) is 33.6. The van der Waals surface area contributed by atoms with Crippen LogP contribution in [0.15, 0.2) is 0 Å². The van der Waals surface area contributed by atoms with Crippen LogP contribution in [0.5, 0.6) is 0 Å². The van der Waals surface area contributed by atoms with Crippen molar-refractivity contribution in [1.29, 1.82) is 0 Å². The number of methoxy groups -OCH3 is 1. The molecule has 3 N–H and O–H groups in total. The van der Waals surface area contributed by atoms with Gasteiger partial charge in [-0.25, -0.2) is 0 Å². The van der Waals surface area contributed by atoms with Gasteiger partial charge in [0, 0.05) is 66.0 Å². The fourth-order valence-corrected chi connectivity index (χ4v) is 6.55. The second-order valence-electron chi connectivity index (χ2n) is 12.5. The van der Waals surface area contributed by atoms with E-state index in [2.05, 4.69) is 91.7 Å². The Kier molecular flexibility index (Phi) is 37.7. The summed E-state index contributed by atoms with van der Waals surface area (Å²) in [7, 11) is 1.52. The Labute approximate surface area is 424 Å². The molecule has 0 amide bonds. The smallest absolute Gasteiger partial charge is 0.307 e. The molecule has 0 saturated heterocycles. The Morgan fingerprint density at radius 2 is 0.738 bits per heavy atom. The van der Waals surface area contributed by atoms with Crippen molar-refractivity contribution in [2.75, 3.05) is 132 Å². The lowest BCUT2D eigenvalue weighted by Gasteiger charge is -2.32. The molecule has 0 saturated carbocycles. The van der Waals surface area contributed by atoms with E-state index in [1.165, 1.54) is 7.11 Å². The molecule has 0 aliphatic rings. The number of rotatable bonds is 35. The first-order valence-corrected chi connectivity index (χ1v) is 23.6. The molecule has 0 bridgehead atoms. The number of carbonyl (C=O) groups is 3. The molecule has 0 heterocycles. The molecule has 0 aliphatic heterocycles. The molecule has 0 atom stereocenters. The van der Waals surface area contributed by atoms with Gasteiger partial charge in [0.1, 0.15) is 45.7 Å². The van der Waals surface area contributed by atoms with Gasteiger partial charge in [-0.2, -0.15) is 0 Å². The van der Waals surface area contributed by atoms with Gasteiger partial charge >= 0.3 is 17.9 Å². The van der Waals surface area contributed by atoms with Crippen molar-refractivity contribution < 1.29 is 47.5 Å². The molecule has 0 radical (unpaired) electrons. The normalized spacial score (nSPS) is 10.9. The summed E-state index contributed by atoms with van der Waals surface area (Å²) >= 11 is 54.9. The van der Waals surface area contributed by atoms with Gasteiger partial charge in [0.15, 0.2) is 0 Å². The summed E-state index contributed by atoms with van der Waals surface area (Å²) < 4.78 is 41.5. The van der Waals surface area contributed by atoms with Crippen molar-refractivity contribution in [3.63, 3.8) is 0 Å². The van der Waals surface area contributed by atoms with Crippen molar-refractivity contribution in [2.45, 2.75) is 19.3 Å². The highest BCUT2D eigenvalue weighted by Crippen LogP contribution is 2.21. The highest BCUT2D eigenvalue weighted by Gasteiger charge is 2.32. The fraction of sp³-hybridized carbons (Fsp3) is 0.727. The molecule has 0 fully saturated rings. The first-order valence-electron chi connectivity index (χ1n) is 18.4. The van der Waals surface area contributed by atoms with Crippen LogP contribution in [-0.2, 0) is 47.5 Å². The third kappa shape index (κ3) is 34.7. The van der Waals surface area contributed by atoms with E-state index in [1.807, 2.05) is 0 Å². The summed E-state index contributed by atoms with van der Waals surface area (Å²) in [4.78, 5) is 42.6. The Bertz CT molecular complexity index is 1260. The fourth-order valence-electron chi connectivity index (χ4n) is 4.76. The minimum Gasteiger partial charge on any atom is -0.463 e. The van der Waals surface area contributed by atoms with Crippen LogP contribution in [-0.4, -0.2) is 191 Å². The SMILES string of the molecule is COCC(COCCOC(=O)CCN(CCNC(=S)S)C(=S)S)(COCCOC(=O)CCN(CCNC(=S)S)C(=S)S)COCCOC(=O)CCN(CCNC(=S)S)C(=S)S. The van der Waals surface area contributed by atoms with Crippen molar-refractivity contribution in [2.24, 2.45) is 5.41 Å². The molecule has 61 heavy (non-hydrogen) atoms. The van der Waals surface area contributed by atoms with Gasteiger partial charge in [0.05, 0.1) is 70.9 Å². The molecule has 28 heteroatoms. The van der Waals surface area contributed by atoms with Gasteiger partial charge in [0.2, 0.25) is 0 Å². The van der Waals surface area contributed by atoms with Crippen molar-refractivity contribution in [3.8, 4) is 0 Å². The van der Waals surface area contributed by atoms with E-state index in [-0.39, 0.29) is 85.3 Å². The second-order valence-corrected chi connectivity index (χ2v) is 19.3. The maximum atomic E-state index is 12.5. The molecule has 0 aromatic rings. The topological polar surface area (TPSA) is 162 Å². The summed E-state index contributed by atoms with van der Waals surface area (Å²) in [6, 6.07) is 0. The summed E-state index contributed by atoms with van der Waals surface area (Å²) in [5.41, 5.74) is -0.850. The van der Waals surface area contributed by atoms with Gasteiger partial charge in [-0.15, -0.1) is 75.8 Å². The Morgan fingerprint density at radius 1 is 0.459 bits per heavy atom. The van der Waals surface area contributed by atoms with Crippen LogP contribution in [0.4, 0.5) is 0 Å². The number of hydrogen-bond acceptors (Lipinski definition) is 16. The van der Waals surface area contributed by atoms with Gasteiger partial charge in [-0.1, -0.05) is 73.3 Å². The maximum Gasteiger partial charge on any atom is 0.307 e. The van der Waals surface area contributed by atoms with E-state index in [0.29, 0.717) is 84.8 Å². The van der Waals surface area contributed by atoms with E-state index < -0.39 is 23.3 Å². The zero-order valence-corrected chi connectivity index (χ0v) is 43.9. The predicted octanol–water partition coefficient (Wildman–Crippen LogP) is 2.43. The van der Waals surface area contributed by atoms with E-state index >= 15 is 0 Å². The lowest BCUT2D eigenvalue weighted by Crippen LogP contribution is -2.42. The average molecular weight is 1080 g/mol. The second kappa shape index (κ2) is 37.9. The molecule has 0 rings (SSSR count). The van der Waals surface area contributed by atoms with Gasteiger partial charge < -0.3 is 63.8 Å². The molecule has 0 spiro atoms. The number of hydrogen-bond donors (Lipinski definition) is 9. The summed E-state index contributed by atoms with van der Waals surface area (Å²) in [6.07, 6.45) is 0.221.